The van der Waals surface area contributed by atoms with Gasteiger partial charge in [0.25, 0.3) is 0 Å². The summed E-state index contributed by atoms with van der Waals surface area (Å²) in [5, 5.41) is 10.3. The number of hydrogen-bond acceptors (Lipinski definition) is 6. The standard InChI is InChI=1S/C21H22N4O3S/c1-14(26)22-12-11-15-3-5-16(6-4-15)19(27)13-29-21-23-20(24-25-21)17-7-9-18(28-2)10-8-17/h3-10H,11-13H2,1-2H3,(H,22,26)(H,23,24,25). The first-order valence-electron chi connectivity index (χ1n) is 9.11. The minimum atomic E-state index is -0.0454. The second kappa shape index (κ2) is 9.88. The Hall–Kier alpha value is -3.13. The minimum Gasteiger partial charge on any atom is -0.497 e. The molecule has 3 aromatic rings. The number of nitrogens with one attached hydrogen (secondary N) is 2. The third kappa shape index (κ3) is 5.92. The SMILES string of the molecule is COc1ccc(-c2nc(SCC(=O)c3ccc(CCNC(C)=O)cc3)n[nH]2)cc1. The number of amides is 1. The Morgan fingerprint density at radius 3 is 2.48 bits per heavy atom. The van der Waals surface area contributed by atoms with Crippen molar-refractivity contribution in [1.82, 2.24) is 20.5 Å². The van der Waals surface area contributed by atoms with Crippen molar-refractivity contribution in [1.29, 1.82) is 0 Å². The normalized spacial score (nSPS) is 10.6. The maximum absolute atomic E-state index is 12.4. The van der Waals surface area contributed by atoms with Crippen LogP contribution in [0.3, 0.4) is 0 Å². The molecule has 0 fully saturated rings. The Morgan fingerprint density at radius 1 is 1.10 bits per heavy atom. The summed E-state index contributed by atoms with van der Waals surface area (Å²) >= 11 is 1.29. The third-order valence-corrected chi connectivity index (χ3v) is 5.07. The Morgan fingerprint density at radius 2 is 1.83 bits per heavy atom. The van der Waals surface area contributed by atoms with Crippen molar-refractivity contribution >= 4 is 23.5 Å². The van der Waals surface area contributed by atoms with Gasteiger partial charge in [0.2, 0.25) is 11.1 Å². The van der Waals surface area contributed by atoms with Crippen molar-refractivity contribution in [3.05, 3.63) is 59.7 Å². The average Bonchev–Trinajstić information content (AvgIpc) is 3.21. The number of rotatable bonds is 9. The zero-order valence-electron chi connectivity index (χ0n) is 16.3. The second-order valence-corrected chi connectivity index (χ2v) is 7.28. The number of aromatic amines is 1. The molecule has 2 N–H and O–H groups in total. The van der Waals surface area contributed by atoms with E-state index in [1.165, 1.54) is 18.7 Å². The van der Waals surface area contributed by atoms with E-state index in [4.69, 9.17) is 4.74 Å². The van der Waals surface area contributed by atoms with E-state index in [0.717, 1.165) is 23.3 Å². The first kappa shape index (κ1) is 20.6. The molecule has 0 atom stereocenters. The van der Waals surface area contributed by atoms with E-state index in [9.17, 15) is 9.59 Å². The molecule has 1 heterocycles. The number of ketones is 1. The zero-order valence-corrected chi connectivity index (χ0v) is 17.1. The van der Waals surface area contributed by atoms with E-state index in [1.807, 2.05) is 48.5 Å². The summed E-state index contributed by atoms with van der Waals surface area (Å²) in [6.07, 6.45) is 0.730. The van der Waals surface area contributed by atoms with Crippen LogP contribution in [0.5, 0.6) is 5.75 Å². The third-order valence-electron chi connectivity index (χ3n) is 4.22. The van der Waals surface area contributed by atoms with Crippen LogP contribution in [0.4, 0.5) is 0 Å². The maximum atomic E-state index is 12.4. The lowest BCUT2D eigenvalue weighted by atomic mass is 10.1. The topological polar surface area (TPSA) is 97.0 Å². The quantitative estimate of drug-likeness (QED) is 0.416. The highest BCUT2D eigenvalue weighted by atomic mass is 32.2. The van der Waals surface area contributed by atoms with Gasteiger partial charge < -0.3 is 10.1 Å². The maximum Gasteiger partial charge on any atom is 0.216 e. The molecule has 2 aromatic carbocycles. The molecule has 0 spiro atoms. The van der Waals surface area contributed by atoms with Crippen LogP contribution < -0.4 is 10.1 Å². The van der Waals surface area contributed by atoms with Gasteiger partial charge in [0, 0.05) is 24.6 Å². The van der Waals surface area contributed by atoms with Crippen LogP contribution in [0.1, 0.15) is 22.8 Å². The number of carbonyl (C=O) groups excluding carboxylic acids is 2. The molecule has 3 rings (SSSR count). The van der Waals surface area contributed by atoms with Gasteiger partial charge in [-0.3, -0.25) is 14.7 Å². The van der Waals surface area contributed by atoms with Crippen LogP contribution in [-0.4, -0.2) is 46.3 Å². The van der Waals surface area contributed by atoms with Crippen molar-refractivity contribution in [3.8, 4) is 17.1 Å². The number of thioether (sulfide) groups is 1. The van der Waals surface area contributed by atoms with E-state index >= 15 is 0 Å². The van der Waals surface area contributed by atoms with Crippen molar-refractivity contribution < 1.29 is 14.3 Å². The molecular formula is C21H22N4O3S. The van der Waals surface area contributed by atoms with Crippen LogP contribution >= 0.6 is 11.8 Å². The number of methoxy groups -OCH3 is 1. The zero-order chi connectivity index (χ0) is 20.6. The molecule has 0 aliphatic heterocycles. The average molecular weight is 410 g/mol. The Balaban J connectivity index is 1.52. The molecule has 0 aliphatic rings. The number of Topliss-reactive ketones (excluding diaryl/α,β-unsaturated/α-hetero) is 1. The summed E-state index contributed by atoms with van der Waals surface area (Å²) in [5.41, 5.74) is 2.61. The van der Waals surface area contributed by atoms with Gasteiger partial charge in [-0.1, -0.05) is 36.0 Å². The first-order valence-corrected chi connectivity index (χ1v) is 10.1. The van der Waals surface area contributed by atoms with Crippen LogP contribution in [0.2, 0.25) is 0 Å². The number of nitrogens with zero attached hydrogens (tertiary/aromatic N) is 2. The summed E-state index contributed by atoms with van der Waals surface area (Å²) < 4.78 is 5.15. The molecule has 0 bridgehead atoms. The molecule has 7 nitrogen and oxygen atoms in total. The number of H-pyrrole nitrogens is 1. The number of aromatic nitrogens is 3. The van der Waals surface area contributed by atoms with Gasteiger partial charge >= 0.3 is 0 Å². The van der Waals surface area contributed by atoms with Gasteiger partial charge in [-0.2, -0.15) is 0 Å². The fourth-order valence-corrected chi connectivity index (χ4v) is 3.34. The summed E-state index contributed by atoms with van der Waals surface area (Å²) in [7, 11) is 1.62. The lowest BCUT2D eigenvalue weighted by Crippen LogP contribution is -2.22. The van der Waals surface area contributed by atoms with Gasteiger partial charge in [0.05, 0.1) is 12.9 Å². The van der Waals surface area contributed by atoms with Gasteiger partial charge in [-0.25, -0.2) is 4.98 Å². The van der Waals surface area contributed by atoms with Crippen LogP contribution in [0, 0.1) is 0 Å². The molecule has 8 heteroatoms. The molecule has 0 radical (unpaired) electrons. The number of hydrogen-bond donors (Lipinski definition) is 2. The molecule has 150 valence electrons. The van der Waals surface area contributed by atoms with Gasteiger partial charge in [0.15, 0.2) is 11.6 Å². The molecule has 1 amide bonds. The fourth-order valence-electron chi connectivity index (χ4n) is 2.64. The highest BCUT2D eigenvalue weighted by Gasteiger charge is 2.11. The lowest BCUT2D eigenvalue weighted by Gasteiger charge is -2.04. The molecule has 0 saturated heterocycles. The largest absolute Gasteiger partial charge is 0.497 e. The lowest BCUT2D eigenvalue weighted by molar-refractivity contribution is -0.118. The Kier molecular flexibility index (Phi) is 7.02. The summed E-state index contributed by atoms with van der Waals surface area (Å²) in [6, 6.07) is 14.9. The molecule has 1 aromatic heterocycles. The monoisotopic (exact) mass is 410 g/mol. The van der Waals surface area contributed by atoms with Gasteiger partial charge in [0.1, 0.15) is 5.75 Å². The summed E-state index contributed by atoms with van der Waals surface area (Å²) in [5.74, 6) is 1.64. The molecular weight excluding hydrogens is 388 g/mol. The van der Waals surface area contributed by atoms with Crippen LogP contribution in [0.15, 0.2) is 53.7 Å². The number of carbonyl (C=O) groups is 2. The summed E-state index contributed by atoms with van der Waals surface area (Å²) in [6.45, 7) is 2.08. The highest BCUT2D eigenvalue weighted by Crippen LogP contribution is 2.22. The Labute approximate surface area is 173 Å². The number of benzene rings is 2. The predicted molar refractivity (Wildman–Crippen MR) is 112 cm³/mol. The van der Waals surface area contributed by atoms with Crippen molar-refractivity contribution in [2.45, 2.75) is 18.5 Å². The van der Waals surface area contributed by atoms with E-state index < -0.39 is 0 Å². The van der Waals surface area contributed by atoms with Crippen molar-refractivity contribution in [3.63, 3.8) is 0 Å². The minimum absolute atomic E-state index is 0.0132. The smallest absolute Gasteiger partial charge is 0.216 e. The van der Waals surface area contributed by atoms with E-state index in [0.29, 0.717) is 23.1 Å². The molecule has 0 saturated carbocycles. The summed E-state index contributed by atoms with van der Waals surface area (Å²) in [4.78, 5) is 27.8. The van der Waals surface area contributed by atoms with Crippen molar-refractivity contribution in [2.24, 2.45) is 0 Å². The van der Waals surface area contributed by atoms with E-state index in [1.54, 1.807) is 7.11 Å². The first-order chi connectivity index (χ1) is 14.0. The second-order valence-electron chi connectivity index (χ2n) is 6.34. The molecule has 0 aliphatic carbocycles. The molecule has 29 heavy (non-hydrogen) atoms. The predicted octanol–water partition coefficient (Wildman–Crippen LogP) is 3.13. The Bertz CT molecular complexity index is 968. The van der Waals surface area contributed by atoms with Crippen LogP contribution in [0.25, 0.3) is 11.4 Å². The van der Waals surface area contributed by atoms with E-state index in [-0.39, 0.29) is 17.4 Å². The van der Waals surface area contributed by atoms with E-state index in [2.05, 4.69) is 20.5 Å². The molecule has 0 unspecified atom stereocenters. The number of ether oxygens (including phenoxy) is 1. The van der Waals surface area contributed by atoms with Crippen molar-refractivity contribution in [2.75, 3.05) is 19.4 Å². The van der Waals surface area contributed by atoms with Gasteiger partial charge in [-0.15, -0.1) is 5.10 Å². The van der Waals surface area contributed by atoms with Crippen LogP contribution in [-0.2, 0) is 11.2 Å². The highest BCUT2D eigenvalue weighted by molar-refractivity contribution is 7.99. The van der Waals surface area contributed by atoms with Gasteiger partial charge in [-0.05, 0) is 36.2 Å². The fraction of sp³-hybridized carbons (Fsp3) is 0.238.